The molecule has 5 heterocycles. The van der Waals surface area contributed by atoms with Crippen molar-refractivity contribution in [2.24, 2.45) is 11.8 Å². The maximum atomic E-state index is 11.6. The van der Waals surface area contributed by atoms with E-state index in [1.54, 1.807) is 0 Å². The molecule has 8 bridgehead atoms. The zero-order valence-electron chi connectivity index (χ0n) is 25.4. The molecular formula is C34H42N4O4. The van der Waals surface area contributed by atoms with Crippen LogP contribution in [-0.2, 0) is 28.9 Å². The number of hydrogen-bond donors (Lipinski definition) is 6. The predicted octanol–water partition coefficient (Wildman–Crippen LogP) is 4.81. The number of fused-ring (bicyclic) bond motifs is 8. The number of aromatic nitrogens is 3. The molecule has 3 aromatic rings. The van der Waals surface area contributed by atoms with Crippen molar-refractivity contribution in [1.82, 2.24) is 20.3 Å². The standard InChI is InChI=1S/C34H42N4O4/c1-7-21-17(3)25-13-26-19(5)23(9-11-33(39)40)31(37-26)16-32-24(10-12-34(41)42)20(6)28(38-32)15-30-22(8-2)18(4)27(36-30)14-29(21)35-25/h13-16,18,22,35-38H,7-12H2,1-6H3,(H,39,40)(H,41,42). The maximum absolute atomic E-state index is 11.6. The fraction of sp³-hybridized carbons (Fsp3) is 0.412. The molecule has 0 saturated carbocycles. The van der Waals surface area contributed by atoms with E-state index in [0.717, 1.165) is 74.3 Å². The number of hydrogen-bond acceptors (Lipinski definition) is 3. The Balaban J connectivity index is 1.84. The molecule has 0 radical (unpaired) electrons. The quantitative estimate of drug-likeness (QED) is 0.231. The molecule has 0 spiro atoms. The van der Waals surface area contributed by atoms with Gasteiger partial charge in [0, 0.05) is 69.5 Å². The number of rotatable bonds is 8. The lowest BCUT2D eigenvalue weighted by molar-refractivity contribution is -0.138. The van der Waals surface area contributed by atoms with E-state index in [9.17, 15) is 19.8 Å². The van der Waals surface area contributed by atoms with Gasteiger partial charge in [-0.1, -0.05) is 20.8 Å². The minimum Gasteiger partial charge on any atom is -0.481 e. The molecule has 2 aliphatic rings. The van der Waals surface area contributed by atoms with Crippen LogP contribution in [0.4, 0.5) is 0 Å². The van der Waals surface area contributed by atoms with Crippen molar-refractivity contribution in [1.29, 1.82) is 0 Å². The first kappa shape index (κ1) is 29.3. The largest absolute Gasteiger partial charge is 0.481 e. The van der Waals surface area contributed by atoms with Gasteiger partial charge in [0.05, 0.1) is 0 Å². The van der Waals surface area contributed by atoms with Crippen molar-refractivity contribution in [2.75, 3.05) is 0 Å². The van der Waals surface area contributed by atoms with Crippen molar-refractivity contribution in [2.45, 2.75) is 80.1 Å². The van der Waals surface area contributed by atoms with Crippen molar-refractivity contribution >= 4 is 36.2 Å². The molecule has 6 N–H and O–H groups in total. The average molecular weight is 571 g/mol. The lowest BCUT2D eigenvalue weighted by Gasteiger charge is -2.12. The SMILES string of the molecule is CCc1c2[nH]c(c1C)C=c1[nH]c(c(CCC(=O)O)c1C)=Cc1[nH]c(c(C)c1CCC(=O)O)C=C1NC(=C2)C(C)C1CC. The maximum Gasteiger partial charge on any atom is 0.303 e. The Hall–Kier alpha value is -4.20. The molecular weight excluding hydrogens is 528 g/mol. The summed E-state index contributed by atoms with van der Waals surface area (Å²) in [4.78, 5) is 34.0. The van der Waals surface area contributed by atoms with E-state index in [1.165, 1.54) is 16.8 Å². The van der Waals surface area contributed by atoms with E-state index in [2.05, 4.69) is 66.2 Å². The highest BCUT2D eigenvalue weighted by Gasteiger charge is 2.32. The number of carboxylic acid groups (broad SMARTS) is 2. The van der Waals surface area contributed by atoms with Crippen LogP contribution in [-0.4, -0.2) is 37.1 Å². The van der Waals surface area contributed by atoms with Crippen molar-refractivity contribution in [3.8, 4) is 0 Å². The third-order valence-corrected chi connectivity index (χ3v) is 9.28. The smallest absolute Gasteiger partial charge is 0.303 e. The average Bonchev–Trinajstić information content (AvgIpc) is 3.59. The number of nitrogens with one attached hydrogen (secondary N) is 4. The highest BCUT2D eigenvalue weighted by Crippen LogP contribution is 2.38. The lowest BCUT2D eigenvalue weighted by Crippen LogP contribution is -2.14. The van der Waals surface area contributed by atoms with E-state index >= 15 is 0 Å². The van der Waals surface area contributed by atoms with Crippen LogP contribution in [0.2, 0.25) is 0 Å². The molecule has 222 valence electrons. The molecule has 1 saturated heterocycles. The molecule has 5 rings (SSSR count). The molecule has 2 unspecified atom stereocenters. The summed E-state index contributed by atoms with van der Waals surface area (Å²) in [6.45, 7) is 12.9. The first-order valence-corrected chi connectivity index (χ1v) is 15.0. The van der Waals surface area contributed by atoms with Gasteiger partial charge in [-0.3, -0.25) is 9.59 Å². The van der Waals surface area contributed by atoms with Crippen molar-refractivity contribution < 1.29 is 19.8 Å². The summed E-state index contributed by atoms with van der Waals surface area (Å²) in [6.07, 6.45) is 11.3. The minimum absolute atomic E-state index is 0.0213. The van der Waals surface area contributed by atoms with E-state index in [-0.39, 0.29) is 12.8 Å². The summed E-state index contributed by atoms with van der Waals surface area (Å²) in [5.74, 6) is -1.04. The van der Waals surface area contributed by atoms with Crippen molar-refractivity contribution in [3.05, 3.63) is 78.2 Å². The number of allylic oxidation sites excluding steroid dienone is 2. The van der Waals surface area contributed by atoms with Gasteiger partial charge in [-0.05, 0) is 104 Å². The first-order chi connectivity index (χ1) is 20.0. The predicted molar refractivity (Wildman–Crippen MR) is 166 cm³/mol. The normalized spacial score (nSPS) is 17.7. The van der Waals surface area contributed by atoms with Gasteiger partial charge >= 0.3 is 11.9 Å². The molecule has 1 fully saturated rings. The van der Waals surface area contributed by atoms with Crippen LogP contribution in [0.15, 0.2) is 11.4 Å². The minimum atomic E-state index is -0.843. The summed E-state index contributed by atoms with van der Waals surface area (Å²) >= 11 is 0. The fourth-order valence-electron chi connectivity index (χ4n) is 6.75. The second-order valence-electron chi connectivity index (χ2n) is 11.7. The van der Waals surface area contributed by atoms with Gasteiger partial charge < -0.3 is 30.5 Å². The zero-order valence-corrected chi connectivity index (χ0v) is 25.4. The number of H-pyrrole nitrogens is 3. The fourth-order valence-corrected chi connectivity index (χ4v) is 6.75. The Morgan fingerprint density at radius 2 is 1.24 bits per heavy atom. The van der Waals surface area contributed by atoms with Gasteiger partial charge in [0.25, 0.3) is 0 Å². The van der Waals surface area contributed by atoms with Crippen molar-refractivity contribution in [3.63, 3.8) is 0 Å². The molecule has 0 amide bonds. The number of carboxylic acids is 2. The Morgan fingerprint density at radius 1 is 0.690 bits per heavy atom. The summed E-state index contributed by atoms with van der Waals surface area (Å²) in [5, 5.41) is 24.5. The third kappa shape index (κ3) is 5.38. The molecule has 0 aromatic carbocycles. The number of carbonyl (C=O) groups is 2. The first-order valence-electron chi connectivity index (χ1n) is 15.0. The highest BCUT2D eigenvalue weighted by atomic mass is 16.4. The second-order valence-corrected chi connectivity index (χ2v) is 11.7. The van der Waals surface area contributed by atoms with Crippen LogP contribution >= 0.6 is 0 Å². The van der Waals surface area contributed by atoms with Gasteiger partial charge in [0.2, 0.25) is 0 Å². The lowest BCUT2D eigenvalue weighted by atomic mass is 9.90. The monoisotopic (exact) mass is 570 g/mol. The van der Waals surface area contributed by atoms with Crippen LogP contribution < -0.4 is 16.0 Å². The third-order valence-electron chi connectivity index (χ3n) is 9.28. The van der Waals surface area contributed by atoms with Gasteiger partial charge in [0.1, 0.15) is 0 Å². The van der Waals surface area contributed by atoms with E-state index in [1.807, 2.05) is 19.9 Å². The highest BCUT2D eigenvalue weighted by molar-refractivity contribution is 5.71. The van der Waals surface area contributed by atoms with E-state index in [4.69, 9.17) is 0 Å². The van der Waals surface area contributed by atoms with E-state index < -0.39 is 11.9 Å². The summed E-state index contributed by atoms with van der Waals surface area (Å²) in [5.41, 5.74) is 12.7. The van der Waals surface area contributed by atoms with Gasteiger partial charge in [-0.25, -0.2) is 0 Å². The Kier molecular flexibility index (Phi) is 8.08. The van der Waals surface area contributed by atoms with Crippen LogP contribution in [0, 0.1) is 32.6 Å². The molecule has 8 heteroatoms. The Morgan fingerprint density at radius 3 is 1.86 bits per heavy atom. The number of aliphatic carboxylic acids is 2. The molecule has 2 atom stereocenters. The Bertz CT molecular complexity index is 1740. The van der Waals surface area contributed by atoms with Crippen LogP contribution in [0.1, 0.15) is 96.2 Å². The van der Waals surface area contributed by atoms with Crippen LogP contribution in [0.3, 0.4) is 0 Å². The molecule has 3 aromatic heterocycles. The topological polar surface area (TPSA) is 134 Å². The molecule has 2 aliphatic heterocycles. The van der Waals surface area contributed by atoms with Gasteiger partial charge in [-0.15, -0.1) is 0 Å². The number of aromatic amines is 3. The van der Waals surface area contributed by atoms with E-state index in [0.29, 0.717) is 24.7 Å². The summed E-state index contributed by atoms with van der Waals surface area (Å²) in [6, 6.07) is 0. The molecule has 0 aliphatic carbocycles. The van der Waals surface area contributed by atoms with Gasteiger partial charge in [0.15, 0.2) is 0 Å². The zero-order chi connectivity index (χ0) is 30.3. The summed E-state index contributed by atoms with van der Waals surface area (Å²) in [7, 11) is 0. The van der Waals surface area contributed by atoms with Gasteiger partial charge in [-0.2, -0.15) is 0 Å². The molecule has 42 heavy (non-hydrogen) atoms. The molecule has 8 nitrogen and oxygen atoms in total. The Labute approximate surface area is 246 Å². The van der Waals surface area contributed by atoms with Crippen LogP contribution in [0.25, 0.3) is 24.3 Å². The second kappa shape index (κ2) is 11.6. The summed E-state index contributed by atoms with van der Waals surface area (Å²) < 4.78 is 0. The van der Waals surface area contributed by atoms with Crippen LogP contribution in [0.5, 0.6) is 0 Å².